The van der Waals surface area contributed by atoms with Crippen molar-refractivity contribution in [3.05, 3.63) is 16.8 Å². The topological polar surface area (TPSA) is 75.3 Å². The van der Waals surface area contributed by atoms with Gasteiger partial charge >= 0.3 is 0 Å². The quantitative estimate of drug-likeness (QED) is 0.852. The average molecular weight is 278 g/mol. The van der Waals surface area contributed by atoms with E-state index in [2.05, 4.69) is 28.9 Å². The van der Waals surface area contributed by atoms with Gasteiger partial charge in [-0.05, 0) is 37.7 Å². The molecule has 1 fully saturated rings. The largest absolute Gasteiger partial charge is 0.394 e. The SMILES string of the molecule is CCc1nnc(N2CCCCC2CO)c(CN)c1CC. The van der Waals surface area contributed by atoms with Crippen LogP contribution in [0.4, 0.5) is 5.82 Å². The first-order valence-corrected chi connectivity index (χ1v) is 7.71. The maximum Gasteiger partial charge on any atom is 0.156 e. The highest BCUT2D eigenvalue weighted by molar-refractivity contribution is 5.52. The molecule has 3 N–H and O–H groups in total. The summed E-state index contributed by atoms with van der Waals surface area (Å²) in [4.78, 5) is 2.21. The van der Waals surface area contributed by atoms with Crippen LogP contribution in [0.2, 0.25) is 0 Å². The van der Waals surface area contributed by atoms with Gasteiger partial charge in [-0.15, -0.1) is 5.10 Å². The number of aryl methyl sites for hydroxylation is 1. The Kier molecular flexibility index (Phi) is 5.31. The monoisotopic (exact) mass is 278 g/mol. The number of hydrogen-bond acceptors (Lipinski definition) is 5. The maximum atomic E-state index is 9.59. The first-order valence-electron chi connectivity index (χ1n) is 7.71. The van der Waals surface area contributed by atoms with Crippen molar-refractivity contribution >= 4 is 5.82 Å². The molecule has 2 rings (SSSR count). The molecule has 5 heteroatoms. The lowest BCUT2D eigenvalue weighted by Crippen LogP contribution is -2.43. The van der Waals surface area contributed by atoms with Gasteiger partial charge in [0.25, 0.3) is 0 Å². The lowest BCUT2D eigenvalue weighted by molar-refractivity contribution is 0.239. The molecule has 1 aliphatic rings. The van der Waals surface area contributed by atoms with E-state index >= 15 is 0 Å². The van der Waals surface area contributed by atoms with Crippen LogP contribution in [0.5, 0.6) is 0 Å². The normalized spacial score (nSPS) is 19.4. The van der Waals surface area contributed by atoms with E-state index in [1.54, 1.807) is 0 Å². The molecule has 5 nitrogen and oxygen atoms in total. The molecule has 1 aromatic heterocycles. The van der Waals surface area contributed by atoms with Crippen molar-refractivity contribution < 1.29 is 5.11 Å². The van der Waals surface area contributed by atoms with Crippen LogP contribution >= 0.6 is 0 Å². The second-order valence-corrected chi connectivity index (χ2v) is 5.36. The third-order valence-corrected chi connectivity index (χ3v) is 4.25. The predicted octanol–water partition coefficient (Wildman–Crippen LogP) is 1.41. The lowest BCUT2D eigenvalue weighted by atomic mass is 9.99. The predicted molar refractivity (Wildman–Crippen MR) is 80.8 cm³/mol. The summed E-state index contributed by atoms with van der Waals surface area (Å²) in [5.74, 6) is 0.889. The van der Waals surface area contributed by atoms with Gasteiger partial charge in [0.2, 0.25) is 0 Å². The van der Waals surface area contributed by atoms with Crippen molar-refractivity contribution in [1.82, 2.24) is 10.2 Å². The van der Waals surface area contributed by atoms with Crippen LogP contribution in [0.25, 0.3) is 0 Å². The highest BCUT2D eigenvalue weighted by atomic mass is 16.3. The molecular weight excluding hydrogens is 252 g/mol. The molecule has 0 aromatic carbocycles. The Hall–Kier alpha value is -1.20. The second kappa shape index (κ2) is 6.99. The highest BCUT2D eigenvalue weighted by Gasteiger charge is 2.26. The number of rotatable bonds is 5. The van der Waals surface area contributed by atoms with Crippen LogP contribution in [0.15, 0.2) is 0 Å². The molecule has 0 saturated carbocycles. The molecule has 1 unspecified atom stereocenters. The minimum absolute atomic E-state index is 0.153. The van der Waals surface area contributed by atoms with Gasteiger partial charge in [-0.2, -0.15) is 5.10 Å². The van der Waals surface area contributed by atoms with Gasteiger partial charge in [0.1, 0.15) is 0 Å². The van der Waals surface area contributed by atoms with Gasteiger partial charge in [-0.1, -0.05) is 13.8 Å². The Morgan fingerprint density at radius 3 is 2.60 bits per heavy atom. The standard InChI is InChI=1S/C15H26N4O/c1-3-12-13(9-16)15(18-17-14(12)4-2)19-8-6-5-7-11(19)10-20/h11,20H,3-10,16H2,1-2H3. The first-order chi connectivity index (χ1) is 9.76. The van der Waals surface area contributed by atoms with Crippen LogP contribution in [0, 0.1) is 0 Å². The van der Waals surface area contributed by atoms with Crippen LogP contribution in [-0.2, 0) is 19.4 Å². The molecule has 0 radical (unpaired) electrons. The number of nitrogens with zero attached hydrogens (tertiary/aromatic N) is 3. The van der Waals surface area contributed by atoms with E-state index in [1.165, 1.54) is 12.0 Å². The second-order valence-electron chi connectivity index (χ2n) is 5.36. The van der Waals surface area contributed by atoms with Gasteiger partial charge < -0.3 is 15.7 Å². The van der Waals surface area contributed by atoms with E-state index in [0.717, 1.165) is 49.3 Å². The van der Waals surface area contributed by atoms with Crippen molar-refractivity contribution in [1.29, 1.82) is 0 Å². The minimum Gasteiger partial charge on any atom is -0.394 e. The molecule has 20 heavy (non-hydrogen) atoms. The summed E-state index contributed by atoms with van der Waals surface area (Å²) in [7, 11) is 0. The van der Waals surface area contributed by atoms with Gasteiger partial charge in [0.15, 0.2) is 5.82 Å². The molecule has 1 aromatic rings. The van der Waals surface area contributed by atoms with E-state index in [4.69, 9.17) is 5.73 Å². The number of hydrogen-bond donors (Lipinski definition) is 2. The van der Waals surface area contributed by atoms with Crippen molar-refractivity contribution in [3.8, 4) is 0 Å². The summed E-state index contributed by atoms with van der Waals surface area (Å²) in [6.07, 6.45) is 5.13. The van der Waals surface area contributed by atoms with E-state index in [1.807, 2.05) is 0 Å². The zero-order valence-corrected chi connectivity index (χ0v) is 12.6. The van der Waals surface area contributed by atoms with Crippen LogP contribution < -0.4 is 10.6 Å². The molecular formula is C15H26N4O. The van der Waals surface area contributed by atoms with Gasteiger partial charge in [0.05, 0.1) is 18.3 Å². The zero-order valence-electron chi connectivity index (χ0n) is 12.6. The third-order valence-electron chi connectivity index (χ3n) is 4.25. The molecule has 0 bridgehead atoms. The van der Waals surface area contributed by atoms with E-state index in [-0.39, 0.29) is 12.6 Å². The molecule has 0 aliphatic carbocycles. The molecule has 0 amide bonds. The summed E-state index contributed by atoms with van der Waals surface area (Å²) >= 11 is 0. The smallest absolute Gasteiger partial charge is 0.156 e. The van der Waals surface area contributed by atoms with Crippen molar-refractivity contribution in [2.45, 2.75) is 58.5 Å². The fraction of sp³-hybridized carbons (Fsp3) is 0.733. The number of aromatic nitrogens is 2. The van der Waals surface area contributed by atoms with Gasteiger partial charge in [0, 0.05) is 18.7 Å². The van der Waals surface area contributed by atoms with Crippen molar-refractivity contribution in [3.63, 3.8) is 0 Å². The molecule has 2 heterocycles. The lowest BCUT2D eigenvalue weighted by Gasteiger charge is -2.36. The summed E-state index contributed by atoms with van der Waals surface area (Å²) in [6.45, 7) is 5.82. The fourth-order valence-electron chi connectivity index (χ4n) is 3.15. The number of aliphatic hydroxyl groups excluding tert-OH is 1. The Morgan fingerprint density at radius 2 is 2.00 bits per heavy atom. The average Bonchev–Trinajstić information content (AvgIpc) is 2.53. The molecule has 1 atom stereocenters. The van der Waals surface area contributed by atoms with Crippen LogP contribution in [-0.4, -0.2) is 34.5 Å². The van der Waals surface area contributed by atoms with Gasteiger partial charge in [-0.3, -0.25) is 0 Å². The van der Waals surface area contributed by atoms with Gasteiger partial charge in [-0.25, -0.2) is 0 Å². The fourth-order valence-corrected chi connectivity index (χ4v) is 3.15. The number of piperidine rings is 1. The van der Waals surface area contributed by atoms with E-state index < -0.39 is 0 Å². The first kappa shape index (κ1) is 15.2. The van der Waals surface area contributed by atoms with E-state index in [0.29, 0.717) is 6.54 Å². The summed E-state index contributed by atoms with van der Waals surface area (Å²) < 4.78 is 0. The Balaban J connectivity index is 2.44. The Morgan fingerprint density at radius 1 is 1.20 bits per heavy atom. The number of anilines is 1. The maximum absolute atomic E-state index is 9.59. The van der Waals surface area contributed by atoms with Crippen molar-refractivity contribution in [2.24, 2.45) is 5.73 Å². The zero-order chi connectivity index (χ0) is 14.5. The Bertz CT molecular complexity index is 450. The minimum atomic E-state index is 0.153. The Labute approximate surface area is 121 Å². The highest BCUT2D eigenvalue weighted by Crippen LogP contribution is 2.28. The van der Waals surface area contributed by atoms with E-state index in [9.17, 15) is 5.11 Å². The summed E-state index contributed by atoms with van der Waals surface area (Å²) in [6, 6.07) is 0.153. The molecule has 0 spiro atoms. The molecule has 1 aliphatic heterocycles. The molecule has 1 saturated heterocycles. The number of nitrogens with two attached hydrogens (primary N) is 1. The van der Waals surface area contributed by atoms with Crippen LogP contribution in [0.3, 0.4) is 0 Å². The molecule has 112 valence electrons. The van der Waals surface area contributed by atoms with Crippen LogP contribution in [0.1, 0.15) is 49.9 Å². The third kappa shape index (κ3) is 2.79. The summed E-state index contributed by atoms with van der Waals surface area (Å²) in [5, 5.41) is 18.4. The number of aliphatic hydroxyl groups is 1. The van der Waals surface area contributed by atoms with Crippen molar-refractivity contribution in [2.75, 3.05) is 18.1 Å². The summed E-state index contributed by atoms with van der Waals surface area (Å²) in [5.41, 5.74) is 9.39.